The Balaban J connectivity index is 0.00000162. The van der Waals surface area contributed by atoms with Crippen LogP contribution in [-0.2, 0) is 4.79 Å². The molecule has 1 fully saturated rings. The standard InChI is InChI=1S/C11H13ClN2O3.ClH/c1-14-6-8(4-9(14)11(15)16)17-10-3-2-7(12)5-13-10;/h2-3,5,8-9H,4,6H2,1H3,(H,15,16);1H. The van der Waals surface area contributed by atoms with Crippen LogP contribution in [0.3, 0.4) is 0 Å². The van der Waals surface area contributed by atoms with Crippen LogP contribution in [-0.4, -0.2) is 46.7 Å². The van der Waals surface area contributed by atoms with Gasteiger partial charge in [-0.3, -0.25) is 9.69 Å². The maximum atomic E-state index is 10.9. The quantitative estimate of drug-likeness (QED) is 0.919. The molecular weight excluding hydrogens is 279 g/mol. The number of carboxylic acid groups (broad SMARTS) is 1. The average Bonchev–Trinajstić information content (AvgIpc) is 2.63. The summed E-state index contributed by atoms with van der Waals surface area (Å²) in [6.45, 7) is 0.585. The Bertz CT molecular complexity index is 413. The van der Waals surface area contributed by atoms with Gasteiger partial charge in [-0.05, 0) is 13.1 Å². The van der Waals surface area contributed by atoms with Gasteiger partial charge < -0.3 is 9.84 Å². The minimum Gasteiger partial charge on any atom is -0.480 e. The molecule has 7 heteroatoms. The van der Waals surface area contributed by atoms with E-state index in [0.717, 1.165) is 0 Å². The molecule has 2 heterocycles. The highest BCUT2D eigenvalue weighted by atomic mass is 35.5. The predicted molar refractivity (Wildman–Crippen MR) is 69.6 cm³/mol. The number of aliphatic carboxylic acids is 1. The highest BCUT2D eigenvalue weighted by molar-refractivity contribution is 6.30. The molecule has 1 aromatic rings. The zero-order valence-electron chi connectivity index (χ0n) is 9.75. The lowest BCUT2D eigenvalue weighted by Gasteiger charge is -2.13. The number of hydrogen-bond acceptors (Lipinski definition) is 4. The first-order valence-corrected chi connectivity index (χ1v) is 5.65. The molecule has 0 amide bonds. The summed E-state index contributed by atoms with van der Waals surface area (Å²) in [7, 11) is 1.78. The lowest BCUT2D eigenvalue weighted by molar-refractivity contribution is -0.141. The molecule has 0 aliphatic carbocycles. The van der Waals surface area contributed by atoms with Crippen molar-refractivity contribution in [1.82, 2.24) is 9.88 Å². The Morgan fingerprint density at radius 3 is 2.83 bits per heavy atom. The molecule has 1 saturated heterocycles. The number of pyridine rings is 1. The van der Waals surface area contributed by atoms with Gasteiger partial charge in [-0.15, -0.1) is 12.4 Å². The summed E-state index contributed by atoms with van der Waals surface area (Å²) in [6, 6.07) is 2.89. The first-order chi connectivity index (χ1) is 8.06. The first-order valence-electron chi connectivity index (χ1n) is 5.27. The van der Waals surface area contributed by atoms with Crippen LogP contribution in [0.25, 0.3) is 0 Å². The molecule has 100 valence electrons. The van der Waals surface area contributed by atoms with E-state index in [0.29, 0.717) is 23.9 Å². The van der Waals surface area contributed by atoms with E-state index in [1.807, 2.05) is 0 Å². The molecule has 0 spiro atoms. The fourth-order valence-corrected chi connectivity index (χ4v) is 2.04. The lowest BCUT2D eigenvalue weighted by atomic mass is 10.2. The number of likely N-dealkylation sites (tertiary alicyclic amines) is 1. The van der Waals surface area contributed by atoms with Crippen molar-refractivity contribution < 1.29 is 14.6 Å². The Hall–Kier alpha value is -1.04. The molecule has 5 nitrogen and oxygen atoms in total. The van der Waals surface area contributed by atoms with Gasteiger partial charge in [0.15, 0.2) is 0 Å². The molecule has 1 aromatic heterocycles. The van der Waals surface area contributed by atoms with Crippen molar-refractivity contribution in [3.63, 3.8) is 0 Å². The zero-order valence-corrected chi connectivity index (χ0v) is 11.3. The van der Waals surface area contributed by atoms with E-state index in [4.69, 9.17) is 21.4 Å². The van der Waals surface area contributed by atoms with E-state index in [1.165, 1.54) is 6.20 Å². The van der Waals surface area contributed by atoms with Gasteiger partial charge in [-0.1, -0.05) is 11.6 Å². The van der Waals surface area contributed by atoms with Crippen LogP contribution in [0.1, 0.15) is 6.42 Å². The minimum absolute atomic E-state index is 0. The third-order valence-corrected chi connectivity index (χ3v) is 3.01. The first kappa shape index (κ1) is 15.0. The molecule has 0 bridgehead atoms. The number of nitrogens with zero attached hydrogens (tertiary/aromatic N) is 2. The zero-order chi connectivity index (χ0) is 12.4. The number of carbonyl (C=O) groups is 1. The van der Waals surface area contributed by atoms with Crippen molar-refractivity contribution in [2.45, 2.75) is 18.6 Å². The van der Waals surface area contributed by atoms with Crippen LogP contribution in [0.2, 0.25) is 5.02 Å². The lowest BCUT2D eigenvalue weighted by Crippen LogP contribution is -2.32. The molecule has 0 radical (unpaired) electrons. The molecule has 1 aliphatic rings. The summed E-state index contributed by atoms with van der Waals surface area (Å²) in [4.78, 5) is 16.7. The van der Waals surface area contributed by atoms with Crippen LogP contribution in [0.4, 0.5) is 0 Å². The largest absolute Gasteiger partial charge is 0.480 e. The van der Waals surface area contributed by atoms with Gasteiger partial charge in [0, 0.05) is 25.2 Å². The Labute approximate surface area is 116 Å². The van der Waals surface area contributed by atoms with Gasteiger partial charge in [0.1, 0.15) is 12.1 Å². The van der Waals surface area contributed by atoms with E-state index in [-0.39, 0.29) is 18.5 Å². The van der Waals surface area contributed by atoms with Gasteiger partial charge in [-0.2, -0.15) is 0 Å². The van der Waals surface area contributed by atoms with Gasteiger partial charge in [0.2, 0.25) is 5.88 Å². The minimum atomic E-state index is -0.817. The highest BCUT2D eigenvalue weighted by Gasteiger charge is 2.35. The van der Waals surface area contributed by atoms with Crippen molar-refractivity contribution in [2.24, 2.45) is 0 Å². The number of halogens is 2. The van der Waals surface area contributed by atoms with Crippen molar-refractivity contribution in [2.75, 3.05) is 13.6 Å². The molecule has 2 atom stereocenters. The van der Waals surface area contributed by atoms with E-state index in [2.05, 4.69) is 4.98 Å². The van der Waals surface area contributed by atoms with Gasteiger partial charge in [-0.25, -0.2) is 4.98 Å². The fraction of sp³-hybridized carbons (Fsp3) is 0.455. The van der Waals surface area contributed by atoms with Crippen molar-refractivity contribution >= 4 is 30.0 Å². The Kier molecular flexibility index (Phi) is 5.19. The molecule has 2 unspecified atom stereocenters. The second-order valence-corrected chi connectivity index (χ2v) is 4.52. The van der Waals surface area contributed by atoms with Crippen LogP contribution in [0, 0.1) is 0 Å². The molecule has 0 saturated carbocycles. The summed E-state index contributed by atoms with van der Waals surface area (Å²) >= 11 is 5.71. The van der Waals surface area contributed by atoms with E-state index < -0.39 is 12.0 Å². The van der Waals surface area contributed by atoms with Gasteiger partial charge >= 0.3 is 5.97 Å². The summed E-state index contributed by atoms with van der Waals surface area (Å²) in [5, 5.41) is 9.52. The van der Waals surface area contributed by atoms with Crippen LogP contribution >= 0.6 is 24.0 Å². The monoisotopic (exact) mass is 292 g/mol. The van der Waals surface area contributed by atoms with Crippen molar-refractivity contribution in [3.8, 4) is 5.88 Å². The third kappa shape index (κ3) is 3.48. The number of hydrogen-bond donors (Lipinski definition) is 1. The Morgan fingerprint density at radius 2 is 2.33 bits per heavy atom. The molecule has 2 rings (SSSR count). The van der Waals surface area contributed by atoms with Crippen molar-refractivity contribution in [1.29, 1.82) is 0 Å². The van der Waals surface area contributed by atoms with Crippen LogP contribution in [0.5, 0.6) is 5.88 Å². The third-order valence-electron chi connectivity index (χ3n) is 2.78. The predicted octanol–water partition coefficient (Wildman–Crippen LogP) is 1.69. The molecule has 1 aliphatic heterocycles. The summed E-state index contributed by atoms with van der Waals surface area (Å²) in [5.74, 6) is -0.346. The van der Waals surface area contributed by atoms with Crippen molar-refractivity contribution in [3.05, 3.63) is 23.4 Å². The summed E-state index contributed by atoms with van der Waals surface area (Å²) < 4.78 is 5.61. The number of likely N-dealkylation sites (N-methyl/N-ethyl adjacent to an activating group) is 1. The molecule has 0 aromatic carbocycles. The summed E-state index contributed by atoms with van der Waals surface area (Å²) in [5.41, 5.74) is 0. The van der Waals surface area contributed by atoms with Crippen LogP contribution in [0.15, 0.2) is 18.3 Å². The fourth-order valence-electron chi connectivity index (χ4n) is 1.93. The second kappa shape index (κ2) is 6.22. The van der Waals surface area contributed by atoms with Crippen LogP contribution < -0.4 is 4.74 Å². The second-order valence-electron chi connectivity index (χ2n) is 4.08. The average molecular weight is 293 g/mol. The molecule has 18 heavy (non-hydrogen) atoms. The smallest absolute Gasteiger partial charge is 0.321 e. The van der Waals surface area contributed by atoms with E-state index in [1.54, 1.807) is 24.1 Å². The number of ether oxygens (including phenoxy) is 1. The Morgan fingerprint density at radius 1 is 1.61 bits per heavy atom. The maximum absolute atomic E-state index is 10.9. The van der Waals surface area contributed by atoms with Gasteiger partial charge in [0.25, 0.3) is 0 Å². The topological polar surface area (TPSA) is 62.7 Å². The molecule has 1 N–H and O–H groups in total. The highest BCUT2D eigenvalue weighted by Crippen LogP contribution is 2.21. The number of rotatable bonds is 3. The normalized spacial score (nSPS) is 23.4. The number of carboxylic acids is 1. The van der Waals surface area contributed by atoms with E-state index in [9.17, 15) is 4.79 Å². The SMILES string of the molecule is CN1CC(Oc2ccc(Cl)cn2)CC1C(=O)O.Cl. The maximum Gasteiger partial charge on any atom is 0.321 e. The molecular formula is C11H14Cl2N2O3. The van der Waals surface area contributed by atoms with E-state index >= 15 is 0 Å². The van der Waals surface area contributed by atoms with Gasteiger partial charge in [0.05, 0.1) is 5.02 Å². The summed E-state index contributed by atoms with van der Waals surface area (Å²) in [6.07, 6.45) is 1.83. The number of aromatic nitrogens is 1.